The second kappa shape index (κ2) is 10.9. The maximum absolute atomic E-state index is 11.0. The Bertz CT molecular complexity index is 647. The number of hydrogen-bond acceptors (Lipinski definition) is 5. The first kappa shape index (κ1) is 21.2. The molecule has 1 aromatic carbocycles. The molecule has 0 spiro atoms. The molecule has 0 aromatic heterocycles. The molecule has 0 aliphatic heterocycles. The van der Waals surface area contributed by atoms with Crippen molar-refractivity contribution in [3.63, 3.8) is 0 Å². The minimum absolute atomic E-state index is 0.0219. The van der Waals surface area contributed by atoms with Gasteiger partial charge in [-0.2, -0.15) is 0 Å². The zero-order valence-corrected chi connectivity index (χ0v) is 16.2. The van der Waals surface area contributed by atoms with Gasteiger partial charge in [0.1, 0.15) is 21.7 Å². The zero-order valence-electron chi connectivity index (χ0n) is 15.4. The molecule has 1 atom stereocenters. The third kappa shape index (κ3) is 10.6. The Kier molecular flexibility index (Phi) is 9.30. The average molecular weight is 372 g/mol. The Morgan fingerprint density at radius 3 is 2.68 bits per heavy atom. The van der Waals surface area contributed by atoms with E-state index in [2.05, 4.69) is 15.6 Å². The summed E-state index contributed by atoms with van der Waals surface area (Å²) in [6.07, 6.45) is 1.17. The van der Waals surface area contributed by atoms with Gasteiger partial charge in [0, 0.05) is 19.8 Å². The van der Waals surface area contributed by atoms with Gasteiger partial charge in [-0.25, -0.2) is 8.42 Å². The van der Waals surface area contributed by atoms with E-state index < -0.39 is 9.84 Å². The fraction of sp³-hybridized carbons (Fsp3) is 0.588. The van der Waals surface area contributed by atoms with Gasteiger partial charge in [-0.15, -0.1) is 0 Å². The molecule has 0 aliphatic carbocycles. The van der Waals surface area contributed by atoms with Gasteiger partial charge >= 0.3 is 0 Å². The minimum atomic E-state index is -2.97. The van der Waals surface area contributed by atoms with Gasteiger partial charge in [0.05, 0.1) is 25.5 Å². The Morgan fingerprint density at radius 1 is 1.28 bits per heavy atom. The first-order valence-corrected chi connectivity index (χ1v) is 10.3. The Labute approximate surface area is 150 Å². The Balaban J connectivity index is 2.21. The molecular formula is C17H29N3O4S. The van der Waals surface area contributed by atoms with Gasteiger partial charge in [0.25, 0.3) is 0 Å². The molecule has 0 saturated carbocycles. The second-order valence-corrected chi connectivity index (χ2v) is 8.13. The molecule has 8 heteroatoms. The van der Waals surface area contributed by atoms with Crippen molar-refractivity contribution in [3.05, 3.63) is 29.8 Å². The van der Waals surface area contributed by atoms with E-state index in [0.29, 0.717) is 25.7 Å². The van der Waals surface area contributed by atoms with Crippen molar-refractivity contribution in [2.24, 2.45) is 4.99 Å². The number of sulfone groups is 1. The van der Waals surface area contributed by atoms with E-state index in [1.807, 2.05) is 38.1 Å². The van der Waals surface area contributed by atoms with Gasteiger partial charge < -0.3 is 20.1 Å². The minimum Gasteiger partial charge on any atom is -0.489 e. The number of benzene rings is 1. The highest BCUT2D eigenvalue weighted by Gasteiger charge is 2.06. The van der Waals surface area contributed by atoms with Crippen LogP contribution in [-0.2, 0) is 14.6 Å². The van der Waals surface area contributed by atoms with Gasteiger partial charge in [-0.1, -0.05) is 12.1 Å². The highest BCUT2D eigenvalue weighted by atomic mass is 32.2. The highest BCUT2D eigenvalue weighted by Crippen LogP contribution is 2.13. The molecule has 0 bridgehead atoms. The summed E-state index contributed by atoms with van der Waals surface area (Å²) >= 11 is 0. The molecular weight excluding hydrogens is 342 g/mol. The lowest BCUT2D eigenvalue weighted by atomic mass is 10.2. The second-order valence-electron chi connectivity index (χ2n) is 5.87. The Morgan fingerprint density at radius 2 is 2.04 bits per heavy atom. The molecule has 2 N–H and O–H groups in total. The maximum atomic E-state index is 11.0. The van der Waals surface area contributed by atoms with Crippen LogP contribution in [0.25, 0.3) is 0 Å². The van der Waals surface area contributed by atoms with Crippen LogP contribution in [0.4, 0.5) is 0 Å². The van der Waals surface area contributed by atoms with Crippen LogP contribution in [0.2, 0.25) is 0 Å². The van der Waals surface area contributed by atoms with Crippen LogP contribution in [0.3, 0.4) is 0 Å². The largest absolute Gasteiger partial charge is 0.489 e. The van der Waals surface area contributed by atoms with Crippen molar-refractivity contribution in [3.8, 4) is 5.75 Å². The van der Waals surface area contributed by atoms with Gasteiger partial charge in [-0.3, -0.25) is 4.99 Å². The number of ether oxygens (including phenoxy) is 2. The van der Waals surface area contributed by atoms with E-state index in [-0.39, 0.29) is 18.5 Å². The summed E-state index contributed by atoms with van der Waals surface area (Å²) in [7, 11) is -1.29. The predicted molar refractivity (Wildman–Crippen MR) is 101 cm³/mol. The summed E-state index contributed by atoms with van der Waals surface area (Å²) in [6, 6.07) is 7.93. The first-order chi connectivity index (χ1) is 11.8. The van der Waals surface area contributed by atoms with Crippen LogP contribution in [-0.4, -0.2) is 65.8 Å². The number of rotatable bonds is 10. The van der Waals surface area contributed by atoms with Crippen molar-refractivity contribution in [1.29, 1.82) is 0 Å². The molecule has 1 unspecified atom stereocenters. The molecule has 0 heterocycles. The molecule has 0 aliphatic rings. The topological polar surface area (TPSA) is 89.0 Å². The smallest absolute Gasteiger partial charge is 0.191 e. The number of nitrogens with zero attached hydrogens (tertiary/aromatic N) is 1. The lowest BCUT2D eigenvalue weighted by Crippen LogP contribution is -2.42. The Hall–Kier alpha value is -1.80. The third-order valence-corrected chi connectivity index (χ3v) is 4.15. The van der Waals surface area contributed by atoms with E-state index in [1.54, 1.807) is 7.05 Å². The zero-order chi connectivity index (χ0) is 18.7. The van der Waals surface area contributed by atoms with Crippen molar-refractivity contribution in [2.75, 3.05) is 45.4 Å². The number of aryl methyl sites for hydroxylation is 1. The summed E-state index contributed by atoms with van der Waals surface area (Å²) in [5.74, 6) is 1.52. The summed E-state index contributed by atoms with van der Waals surface area (Å²) < 4.78 is 33.1. The SMILES string of the molecule is CN=C(NCCOCCS(C)(=O)=O)NCC(C)Oc1cccc(C)c1. The molecule has 142 valence electrons. The molecule has 7 nitrogen and oxygen atoms in total. The van der Waals surface area contributed by atoms with E-state index in [1.165, 1.54) is 6.26 Å². The van der Waals surface area contributed by atoms with Crippen LogP contribution in [0.15, 0.2) is 29.3 Å². The van der Waals surface area contributed by atoms with Crippen LogP contribution in [0, 0.1) is 6.92 Å². The average Bonchev–Trinajstić information content (AvgIpc) is 2.52. The van der Waals surface area contributed by atoms with E-state index in [0.717, 1.165) is 11.3 Å². The van der Waals surface area contributed by atoms with E-state index in [9.17, 15) is 8.42 Å². The van der Waals surface area contributed by atoms with Gasteiger partial charge in [-0.05, 0) is 31.5 Å². The monoisotopic (exact) mass is 371 g/mol. The van der Waals surface area contributed by atoms with Gasteiger partial charge in [0.2, 0.25) is 0 Å². The van der Waals surface area contributed by atoms with Crippen molar-refractivity contribution < 1.29 is 17.9 Å². The number of nitrogens with one attached hydrogen (secondary N) is 2. The number of guanidine groups is 1. The molecule has 1 aromatic rings. The summed E-state index contributed by atoms with van der Waals surface area (Å²) in [5, 5.41) is 6.29. The normalized spacial score (nSPS) is 13.4. The van der Waals surface area contributed by atoms with E-state index in [4.69, 9.17) is 9.47 Å². The molecule has 0 saturated heterocycles. The maximum Gasteiger partial charge on any atom is 0.191 e. The molecule has 0 radical (unpaired) electrons. The lowest BCUT2D eigenvalue weighted by Gasteiger charge is -2.18. The van der Waals surface area contributed by atoms with Crippen molar-refractivity contribution in [2.45, 2.75) is 20.0 Å². The lowest BCUT2D eigenvalue weighted by molar-refractivity contribution is 0.154. The summed E-state index contributed by atoms with van der Waals surface area (Å²) in [5.41, 5.74) is 1.16. The predicted octanol–water partition coefficient (Wildman–Crippen LogP) is 0.989. The fourth-order valence-corrected chi connectivity index (χ4v) is 2.40. The quantitative estimate of drug-likeness (QED) is 0.362. The van der Waals surface area contributed by atoms with Crippen LogP contribution in [0.5, 0.6) is 5.75 Å². The number of hydrogen-bond donors (Lipinski definition) is 2. The molecule has 25 heavy (non-hydrogen) atoms. The van der Waals surface area contributed by atoms with Crippen LogP contribution in [0.1, 0.15) is 12.5 Å². The highest BCUT2D eigenvalue weighted by molar-refractivity contribution is 7.90. The van der Waals surface area contributed by atoms with Gasteiger partial charge in [0.15, 0.2) is 5.96 Å². The standard InChI is InChI=1S/C17H29N3O4S/c1-14-6-5-7-16(12-14)24-15(2)13-20-17(18-3)19-8-9-23-10-11-25(4,21)22/h5-7,12,15H,8-11,13H2,1-4H3,(H2,18,19,20). The fourth-order valence-electron chi connectivity index (χ4n) is 1.98. The summed E-state index contributed by atoms with van der Waals surface area (Å²) in [4.78, 5) is 4.13. The molecule has 0 fully saturated rings. The third-order valence-electron chi connectivity index (χ3n) is 3.24. The van der Waals surface area contributed by atoms with Crippen LogP contribution >= 0.6 is 0 Å². The molecule has 1 rings (SSSR count). The van der Waals surface area contributed by atoms with Crippen LogP contribution < -0.4 is 15.4 Å². The first-order valence-electron chi connectivity index (χ1n) is 8.23. The van der Waals surface area contributed by atoms with E-state index >= 15 is 0 Å². The summed E-state index contributed by atoms with van der Waals surface area (Å²) in [6.45, 7) is 5.76. The molecule has 0 amide bonds. The number of aliphatic imine (C=N–C) groups is 1. The van der Waals surface area contributed by atoms with Crippen molar-refractivity contribution in [1.82, 2.24) is 10.6 Å². The van der Waals surface area contributed by atoms with Crippen molar-refractivity contribution >= 4 is 15.8 Å².